The summed E-state index contributed by atoms with van der Waals surface area (Å²) in [7, 11) is 1.64. The minimum Gasteiger partial charge on any atom is -0.352 e. The molecule has 1 aromatic heterocycles. The van der Waals surface area contributed by atoms with Gasteiger partial charge in [-0.05, 0) is 18.6 Å². The van der Waals surface area contributed by atoms with Crippen LogP contribution < -0.4 is 10.6 Å². The van der Waals surface area contributed by atoms with Crippen LogP contribution in [0.25, 0.3) is 0 Å². The number of nitrogens with zero attached hydrogens (tertiary/aromatic N) is 3. The minimum absolute atomic E-state index is 0. The Morgan fingerprint density at radius 3 is 2.83 bits per heavy atom. The quantitative estimate of drug-likeness (QED) is 0.425. The zero-order chi connectivity index (χ0) is 16.0. The van der Waals surface area contributed by atoms with Crippen molar-refractivity contribution < 1.29 is 13.2 Å². The van der Waals surface area contributed by atoms with E-state index in [1.807, 2.05) is 18.2 Å². The average Bonchev–Trinajstić information content (AvgIpc) is 2.89. The van der Waals surface area contributed by atoms with Crippen molar-refractivity contribution in [3.8, 4) is 0 Å². The molecule has 1 atom stereocenters. The normalized spacial score (nSPS) is 19.3. The van der Waals surface area contributed by atoms with Gasteiger partial charge in [0.15, 0.2) is 5.96 Å². The largest absolute Gasteiger partial charge is 0.401 e. The number of nitrogens with one attached hydrogen (secondary N) is 2. The van der Waals surface area contributed by atoms with Gasteiger partial charge in [0.1, 0.15) is 0 Å². The topological polar surface area (TPSA) is 52.6 Å². The maximum absolute atomic E-state index is 12.4. The van der Waals surface area contributed by atoms with Gasteiger partial charge in [-0.3, -0.25) is 14.9 Å². The molecule has 1 aromatic rings. The Labute approximate surface area is 150 Å². The summed E-state index contributed by atoms with van der Waals surface area (Å²) in [6, 6.07) is 5.59. The Bertz CT molecular complexity index is 495. The second-order valence-electron chi connectivity index (χ2n) is 5.23. The molecule has 1 unspecified atom stereocenters. The second-order valence-corrected chi connectivity index (χ2v) is 5.23. The van der Waals surface area contributed by atoms with Crippen molar-refractivity contribution in [2.24, 2.45) is 4.99 Å². The molecule has 0 aliphatic carbocycles. The van der Waals surface area contributed by atoms with Crippen LogP contribution in [0.2, 0.25) is 0 Å². The number of aliphatic imine (C=N–C) groups is 1. The van der Waals surface area contributed by atoms with E-state index in [9.17, 15) is 13.2 Å². The summed E-state index contributed by atoms with van der Waals surface area (Å²) in [6.45, 7) is 0.461. The molecule has 0 amide bonds. The summed E-state index contributed by atoms with van der Waals surface area (Å²) in [5, 5.41) is 6.27. The van der Waals surface area contributed by atoms with E-state index in [0.717, 1.165) is 5.69 Å². The summed E-state index contributed by atoms with van der Waals surface area (Å²) >= 11 is 0. The first-order valence-corrected chi connectivity index (χ1v) is 7.12. The molecule has 2 N–H and O–H groups in total. The Kier molecular flexibility index (Phi) is 8.03. The maximum Gasteiger partial charge on any atom is 0.401 e. The van der Waals surface area contributed by atoms with E-state index >= 15 is 0 Å². The number of pyridine rings is 1. The molecule has 5 nitrogen and oxygen atoms in total. The van der Waals surface area contributed by atoms with E-state index in [0.29, 0.717) is 32.0 Å². The molecule has 0 aromatic carbocycles. The van der Waals surface area contributed by atoms with Crippen molar-refractivity contribution >= 4 is 29.9 Å². The Morgan fingerprint density at radius 2 is 2.22 bits per heavy atom. The molecule has 1 saturated heterocycles. The minimum atomic E-state index is -4.15. The fourth-order valence-electron chi connectivity index (χ4n) is 2.41. The number of aromatic nitrogens is 1. The molecule has 0 bridgehead atoms. The van der Waals surface area contributed by atoms with Crippen molar-refractivity contribution in [2.75, 3.05) is 26.7 Å². The number of rotatable bonds is 4. The van der Waals surface area contributed by atoms with Gasteiger partial charge >= 0.3 is 6.18 Å². The SMILES string of the molecule is CN=C(NCc1ccccn1)NC1CCN(CC(F)(F)F)C1.I. The molecule has 130 valence electrons. The predicted molar refractivity (Wildman–Crippen MR) is 93.9 cm³/mol. The molecular weight excluding hydrogens is 422 g/mol. The van der Waals surface area contributed by atoms with Crippen LogP contribution in [0, 0.1) is 0 Å². The monoisotopic (exact) mass is 443 g/mol. The van der Waals surface area contributed by atoms with Gasteiger partial charge in [-0.25, -0.2) is 0 Å². The van der Waals surface area contributed by atoms with Gasteiger partial charge in [-0.2, -0.15) is 13.2 Å². The molecule has 23 heavy (non-hydrogen) atoms. The highest BCUT2D eigenvalue weighted by Crippen LogP contribution is 2.19. The van der Waals surface area contributed by atoms with E-state index in [1.54, 1.807) is 13.2 Å². The van der Waals surface area contributed by atoms with Crippen LogP contribution in [-0.4, -0.2) is 54.7 Å². The first-order chi connectivity index (χ1) is 10.5. The van der Waals surface area contributed by atoms with Crippen molar-refractivity contribution in [2.45, 2.75) is 25.2 Å². The molecule has 0 saturated carbocycles. The van der Waals surface area contributed by atoms with Gasteiger partial charge in [-0.1, -0.05) is 6.07 Å². The molecule has 2 rings (SSSR count). The van der Waals surface area contributed by atoms with Crippen LogP contribution in [0.1, 0.15) is 12.1 Å². The van der Waals surface area contributed by atoms with Crippen LogP contribution in [0.3, 0.4) is 0 Å². The first kappa shape index (κ1) is 19.9. The first-order valence-electron chi connectivity index (χ1n) is 7.12. The van der Waals surface area contributed by atoms with Crippen molar-refractivity contribution in [1.82, 2.24) is 20.5 Å². The average molecular weight is 443 g/mol. The Hall–Kier alpha value is -1.10. The number of hydrogen-bond acceptors (Lipinski definition) is 3. The molecule has 0 spiro atoms. The molecule has 1 aliphatic rings. The molecule has 1 fully saturated rings. The third-order valence-corrected chi connectivity index (χ3v) is 3.40. The third-order valence-electron chi connectivity index (χ3n) is 3.40. The Morgan fingerprint density at radius 1 is 1.43 bits per heavy atom. The number of likely N-dealkylation sites (tertiary alicyclic amines) is 1. The zero-order valence-electron chi connectivity index (χ0n) is 12.8. The highest BCUT2D eigenvalue weighted by atomic mass is 127. The van der Waals surface area contributed by atoms with Crippen LogP contribution in [0.5, 0.6) is 0 Å². The van der Waals surface area contributed by atoms with Gasteiger partial charge in [0.05, 0.1) is 18.8 Å². The Balaban J connectivity index is 0.00000264. The van der Waals surface area contributed by atoms with Crippen molar-refractivity contribution in [1.29, 1.82) is 0 Å². The highest BCUT2D eigenvalue weighted by Gasteiger charge is 2.34. The van der Waals surface area contributed by atoms with Gasteiger partial charge in [0.25, 0.3) is 0 Å². The van der Waals surface area contributed by atoms with E-state index in [-0.39, 0.29) is 30.0 Å². The van der Waals surface area contributed by atoms with E-state index in [4.69, 9.17) is 0 Å². The molecule has 1 aliphatic heterocycles. The summed E-state index contributed by atoms with van der Waals surface area (Å²) in [5.41, 5.74) is 0.871. The van der Waals surface area contributed by atoms with Gasteiger partial charge < -0.3 is 10.6 Å². The smallest absolute Gasteiger partial charge is 0.352 e. The molecule has 0 radical (unpaired) electrons. The fraction of sp³-hybridized carbons (Fsp3) is 0.571. The van der Waals surface area contributed by atoms with Gasteiger partial charge in [-0.15, -0.1) is 24.0 Å². The van der Waals surface area contributed by atoms with E-state index in [2.05, 4.69) is 20.6 Å². The highest BCUT2D eigenvalue weighted by molar-refractivity contribution is 14.0. The van der Waals surface area contributed by atoms with Crippen LogP contribution in [-0.2, 0) is 6.54 Å². The second kappa shape index (κ2) is 9.26. The summed E-state index contributed by atoms with van der Waals surface area (Å²) in [4.78, 5) is 9.69. The van der Waals surface area contributed by atoms with Crippen LogP contribution in [0.15, 0.2) is 29.4 Å². The number of guanidine groups is 1. The van der Waals surface area contributed by atoms with E-state index in [1.165, 1.54) is 4.90 Å². The lowest BCUT2D eigenvalue weighted by atomic mass is 10.3. The summed E-state index contributed by atoms with van der Waals surface area (Å²) in [5.74, 6) is 0.574. The third kappa shape index (κ3) is 7.34. The van der Waals surface area contributed by atoms with Gasteiger partial charge in [0, 0.05) is 32.4 Å². The number of alkyl halides is 3. The number of hydrogen-bond donors (Lipinski definition) is 2. The number of halogens is 4. The standard InChI is InChI=1S/C14H20F3N5.HI/c1-18-13(20-8-11-4-2-3-6-19-11)21-12-5-7-22(9-12)10-14(15,16)17;/h2-4,6,12H,5,7-10H2,1H3,(H2,18,20,21);1H. The molecule has 2 heterocycles. The maximum atomic E-state index is 12.4. The fourth-order valence-corrected chi connectivity index (χ4v) is 2.41. The lowest BCUT2D eigenvalue weighted by Crippen LogP contribution is -2.45. The lowest BCUT2D eigenvalue weighted by Gasteiger charge is -2.19. The van der Waals surface area contributed by atoms with Crippen molar-refractivity contribution in [3.63, 3.8) is 0 Å². The van der Waals surface area contributed by atoms with Gasteiger partial charge in [0.2, 0.25) is 0 Å². The lowest BCUT2D eigenvalue weighted by molar-refractivity contribution is -0.143. The predicted octanol–water partition coefficient (Wildman–Crippen LogP) is 2.00. The van der Waals surface area contributed by atoms with Crippen molar-refractivity contribution in [3.05, 3.63) is 30.1 Å². The molecular formula is C14H21F3IN5. The van der Waals surface area contributed by atoms with Crippen LogP contribution in [0.4, 0.5) is 13.2 Å². The van der Waals surface area contributed by atoms with Crippen LogP contribution >= 0.6 is 24.0 Å². The summed E-state index contributed by atoms with van der Waals surface area (Å²) in [6.07, 6.45) is -1.77. The summed E-state index contributed by atoms with van der Waals surface area (Å²) < 4.78 is 37.1. The van der Waals surface area contributed by atoms with E-state index < -0.39 is 12.7 Å². The molecule has 9 heteroatoms. The zero-order valence-corrected chi connectivity index (χ0v) is 15.1.